The van der Waals surface area contributed by atoms with Crippen LogP contribution in [0.2, 0.25) is 0 Å². The van der Waals surface area contributed by atoms with Crippen molar-refractivity contribution in [2.45, 2.75) is 65.5 Å². The molecule has 1 aromatic heterocycles. The van der Waals surface area contributed by atoms with Gasteiger partial charge in [-0.25, -0.2) is 4.98 Å². The van der Waals surface area contributed by atoms with Crippen LogP contribution in [-0.4, -0.2) is 24.1 Å². The lowest BCUT2D eigenvalue weighted by Crippen LogP contribution is -2.30. The molecule has 0 saturated carbocycles. The van der Waals surface area contributed by atoms with Gasteiger partial charge in [0.05, 0.1) is 0 Å². The first-order valence-electron chi connectivity index (χ1n) is 7.43. The lowest BCUT2D eigenvalue weighted by Gasteiger charge is -2.27. The minimum Gasteiger partial charge on any atom is -0.357 e. The van der Waals surface area contributed by atoms with Gasteiger partial charge in [-0.1, -0.05) is 26.3 Å². The van der Waals surface area contributed by atoms with Crippen LogP contribution < -0.4 is 10.6 Å². The van der Waals surface area contributed by atoms with Crippen LogP contribution in [0.1, 0.15) is 51.2 Å². The van der Waals surface area contributed by atoms with Gasteiger partial charge in [-0.05, 0) is 44.2 Å². The third kappa shape index (κ3) is 4.50. The Morgan fingerprint density at radius 2 is 2.05 bits per heavy atom. The molecule has 19 heavy (non-hydrogen) atoms. The maximum Gasteiger partial charge on any atom is 0.131 e. The van der Waals surface area contributed by atoms with Gasteiger partial charge in [0.1, 0.15) is 5.82 Å². The van der Waals surface area contributed by atoms with E-state index < -0.39 is 0 Å². The summed E-state index contributed by atoms with van der Waals surface area (Å²) in [5.41, 5.74) is 8.49. The summed E-state index contributed by atoms with van der Waals surface area (Å²) in [7, 11) is 2.13. The van der Waals surface area contributed by atoms with Gasteiger partial charge in [-0.3, -0.25) is 0 Å². The van der Waals surface area contributed by atoms with Crippen LogP contribution in [0.5, 0.6) is 0 Å². The van der Waals surface area contributed by atoms with Crippen LogP contribution in [0.15, 0.2) is 12.3 Å². The zero-order valence-electron chi connectivity index (χ0n) is 13.1. The molecule has 0 aliphatic carbocycles. The molecule has 0 fully saturated rings. The van der Waals surface area contributed by atoms with Gasteiger partial charge in [0.25, 0.3) is 0 Å². The zero-order chi connectivity index (χ0) is 14.4. The lowest BCUT2D eigenvalue weighted by molar-refractivity contribution is 0.609. The molecule has 2 N–H and O–H groups in total. The summed E-state index contributed by atoms with van der Waals surface area (Å²) in [5.74, 6) is 1.09. The molecule has 2 atom stereocenters. The van der Waals surface area contributed by atoms with Gasteiger partial charge in [0, 0.05) is 25.3 Å². The van der Waals surface area contributed by atoms with Gasteiger partial charge < -0.3 is 10.6 Å². The van der Waals surface area contributed by atoms with E-state index in [1.54, 1.807) is 0 Å². The highest BCUT2D eigenvalue weighted by atomic mass is 15.2. The number of pyridine rings is 1. The van der Waals surface area contributed by atoms with Crippen molar-refractivity contribution in [3.8, 4) is 0 Å². The maximum absolute atomic E-state index is 6.00. The van der Waals surface area contributed by atoms with E-state index in [1.165, 1.54) is 24.0 Å². The van der Waals surface area contributed by atoms with Crippen molar-refractivity contribution in [2.75, 3.05) is 11.9 Å². The van der Waals surface area contributed by atoms with Crippen molar-refractivity contribution >= 4 is 5.82 Å². The van der Waals surface area contributed by atoms with Crippen molar-refractivity contribution in [3.63, 3.8) is 0 Å². The van der Waals surface area contributed by atoms with E-state index in [-0.39, 0.29) is 6.04 Å². The number of hydrogen-bond donors (Lipinski definition) is 1. The number of nitrogens with zero attached hydrogens (tertiary/aromatic N) is 2. The summed E-state index contributed by atoms with van der Waals surface area (Å²) in [6, 6.07) is 3.00. The average molecular weight is 263 g/mol. The first-order valence-corrected chi connectivity index (χ1v) is 7.43. The molecule has 1 heterocycles. The normalized spacial score (nSPS) is 14.2. The van der Waals surface area contributed by atoms with Crippen molar-refractivity contribution in [2.24, 2.45) is 5.73 Å². The number of aromatic nitrogens is 1. The van der Waals surface area contributed by atoms with Crippen molar-refractivity contribution in [1.29, 1.82) is 0 Å². The van der Waals surface area contributed by atoms with E-state index in [0.717, 1.165) is 18.7 Å². The molecule has 1 rings (SSSR count). The molecule has 0 aromatic carbocycles. The predicted molar refractivity (Wildman–Crippen MR) is 83.7 cm³/mol. The van der Waals surface area contributed by atoms with E-state index in [2.05, 4.69) is 50.7 Å². The van der Waals surface area contributed by atoms with Crippen LogP contribution in [0, 0.1) is 6.92 Å². The van der Waals surface area contributed by atoms with Crippen LogP contribution >= 0.6 is 0 Å². The molecule has 1 aromatic rings. The van der Waals surface area contributed by atoms with Gasteiger partial charge in [0.15, 0.2) is 0 Å². The summed E-state index contributed by atoms with van der Waals surface area (Å²) in [5, 5.41) is 0. The Balaban J connectivity index is 2.82. The number of rotatable bonds is 7. The summed E-state index contributed by atoms with van der Waals surface area (Å²) in [6.45, 7) is 8.74. The zero-order valence-corrected chi connectivity index (χ0v) is 13.1. The topological polar surface area (TPSA) is 42.2 Å². The summed E-state index contributed by atoms with van der Waals surface area (Å²) < 4.78 is 0. The summed E-state index contributed by atoms with van der Waals surface area (Å²) in [4.78, 5) is 6.92. The smallest absolute Gasteiger partial charge is 0.131 e. The van der Waals surface area contributed by atoms with E-state index >= 15 is 0 Å². The SMILES string of the molecule is CCCC(C)N(C)c1ncc(CC(N)CC)cc1C. The van der Waals surface area contributed by atoms with E-state index in [0.29, 0.717) is 6.04 Å². The molecule has 0 aliphatic heterocycles. The molecule has 3 heteroatoms. The molecule has 0 amide bonds. The second kappa shape index (κ2) is 7.49. The highest BCUT2D eigenvalue weighted by molar-refractivity contribution is 5.47. The molecule has 0 bridgehead atoms. The first-order chi connectivity index (χ1) is 8.99. The molecule has 0 spiro atoms. The van der Waals surface area contributed by atoms with Crippen LogP contribution in [0.4, 0.5) is 5.82 Å². The Morgan fingerprint density at radius 1 is 1.37 bits per heavy atom. The minimum atomic E-state index is 0.240. The fraction of sp³-hybridized carbons (Fsp3) is 0.688. The largest absolute Gasteiger partial charge is 0.357 e. The van der Waals surface area contributed by atoms with Crippen LogP contribution in [0.3, 0.4) is 0 Å². The summed E-state index contributed by atoms with van der Waals surface area (Å²) in [6.07, 6.45) is 6.30. The molecule has 0 radical (unpaired) electrons. The predicted octanol–water partition coefficient (Wildman–Crippen LogP) is 3.29. The third-order valence-corrected chi connectivity index (χ3v) is 3.83. The van der Waals surface area contributed by atoms with Crippen LogP contribution in [0.25, 0.3) is 0 Å². The minimum absolute atomic E-state index is 0.240. The second-order valence-electron chi connectivity index (χ2n) is 5.61. The molecule has 108 valence electrons. The van der Waals surface area contributed by atoms with Gasteiger partial charge in [-0.15, -0.1) is 0 Å². The summed E-state index contributed by atoms with van der Waals surface area (Å²) >= 11 is 0. The maximum atomic E-state index is 6.00. The Morgan fingerprint density at radius 3 is 2.58 bits per heavy atom. The molecular formula is C16H29N3. The standard InChI is InChI=1S/C16H29N3/c1-6-8-13(4)19(5)16-12(3)9-14(11-18-16)10-15(17)7-2/h9,11,13,15H,6-8,10,17H2,1-5H3. The number of anilines is 1. The van der Waals surface area contributed by atoms with E-state index in [9.17, 15) is 0 Å². The van der Waals surface area contributed by atoms with Crippen LogP contribution in [-0.2, 0) is 6.42 Å². The van der Waals surface area contributed by atoms with Gasteiger partial charge in [0.2, 0.25) is 0 Å². The molecule has 3 nitrogen and oxygen atoms in total. The second-order valence-corrected chi connectivity index (χ2v) is 5.61. The number of hydrogen-bond acceptors (Lipinski definition) is 3. The molecular weight excluding hydrogens is 234 g/mol. The highest BCUT2D eigenvalue weighted by Crippen LogP contribution is 2.21. The van der Waals surface area contributed by atoms with Crippen molar-refractivity contribution in [1.82, 2.24) is 4.98 Å². The number of aryl methyl sites for hydroxylation is 1. The Hall–Kier alpha value is -1.09. The Kier molecular flexibility index (Phi) is 6.29. The van der Waals surface area contributed by atoms with Gasteiger partial charge in [-0.2, -0.15) is 0 Å². The monoisotopic (exact) mass is 263 g/mol. The first kappa shape index (κ1) is 16.0. The molecule has 0 aliphatic rings. The fourth-order valence-electron chi connectivity index (χ4n) is 2.37. The van der Waals surface area contributed by atoms with E-state index in [1.807, 2.05) is 6.20 Å². The molecule has 2 unspecified atom stereocenters. The lowest BCUT2D eigenvalue weighted by atomic mass is 10.0. The quantitative estimate of drug-likeness (QED) is 0.820. The van der Waals surface area contributed by atoms with Gasteiger partial charge >= 0.3 is 0 Å². The number of nitrogens with two attached hydrogens (primary N) is 1. The highest BCUT2D eigenvalue weighted by Gasteiger charge is 2.13. The third-order valence-electron chi connectivity index (χ3n) is 3.83. The Labute approximate surface area is 118 Å². The van der Waals surface area contributed by atoms with Crippen molar-refractivity contribution in [3.05, 3.63) is 23.4 Å². The van der Waals surface area contributed by atoms with Crippen molar-refractivity contribution < 1.29 is 0 Å². The Bertz CT molecular complexity index is 390. The average Bonchev–Trinajstić information content (AvgIpc) is 2.38. The van der Waals surface area contributed by atoms with E-state index in [4.69, 9.17) is 5.73 Å². The fourth-order valence-corrected chi connectivity index (χ4v) is 2.37. The molecule has 0 saturated heterocycles.